The number of morpholine rings is 1. The molecule has 0 aliphatic carbocycles. The van der Waals surface area contributed by atoms with Gasteiger partial charge in [0.05, 0.1) is 30.8 Å². The first kappa shape index (κ1) is 19.8. The Bertz CT molecular complexity index is 1140. The first-order valence-electron chi connectivity index (χ1n) is 10.7. The van der Waals surface area contributed by atoms with Gasteiger partial charge in [-0.15, -0.1) is 0 Å². The van der Waals surface area contributed by atoms with Gasteiger partial charge in [-0.1, -0.05) is 13.8 Å². The zero-order valence-corrected chi connectivity index (χ0v) is 18.1. The minimum atomic E-state index is -0.250. The van der Waals surface area contributed by atoms with Crippen molar-refractivity contribution < 1.29 is 14.3 Å². The predicted molar refractivity (Wildman–Crippen MR) is 118 cm³/mol. The molecule has 3 aromatic rings. The van der Waals surface area contributed by atoms with Crippen molar-refractivity contribution in [3.8, 4) is 5.75 Å². The molecule has 2 aromatic heterocycles. The highest BCUT2D eigenvalue weighted by molar-refractivity contribution is 6.09. The van der Waals surface area contributed by atoms with E-state index in [-0.39, 0.29) is 11.5 Å². The van der Waals surface area contributed by atoms with Crippen LogP contribution in [0.3, 0.4) is 0 Å². The molecule has 1 atom stereocenters. The number of rotatable bonds is 4. The van der Waals surface area contributed by atoms with Crippen molar-refractivity contribution in [2.75, 3.05) is 36.5 Å². The van der Waals surface area contributed by atoms with Crippen LogP contribution in [-0.2, 0) is 11.2 Å². The van der Waals surface area contributed by atoms with Crippen molar-refractivity contribution in [3.05, 3.63) is 47.9 Å². The number of anilines is 2. The van der Waals surface area contributed by atoms with Crippen LogP contribution in [0, 0.1) is 5.92 Å². The van der Waals surface area contributed by atoms with Crippen molar-refractivity contribution in [1.82, 2.24) is 14.6 Å². The molecule has 4 heterocycles. The van der Waals surface area contributed by atoms with E-state index in [1.165, 1.54) is 0 Å². The van der Waals surface area contributed by atoms with Gasteiger partial charge in [-0.05, 0) is 25.0 Å². The van der Waals surface area contributed by atoms with Crippen molar-refractivity contribution in [2.45, 2.75) is 32.8 Å². The van der Waals surface area contributed by atoms with Gasteiger partial charge in [-0.2, -0.15) is 5.10 Å². The maximum absolute atomic E-state index is 13.2. The molecular weight excluding hydrogens is 394 g/mol. The molecule has 0 radical (unpaired) electrons. The van der Waals surface area contributed by atoms with Crippen LogP contribution < -0.4 is 15.0 Å². The summed E-state index contributed by atoms with van der Waals surface area (Å²) in [4.78, 5) is 19.7. The second-order valence-electron chi connectivity index (χ2n) is 8.72. The average molecular weight is 422 g/mol. The lowest BCUT2D eigenvalue weighted by Gasteiger charge is -2.31. The van der Waals surface area contributed by atoms with Crippen molar-refractivity contribution in [3.63, 3.8) is 0 Å². The third-order valence-corrected chi connectivity index (χ3v) is 6.41. The Hall–Kier alpha value is -3.13. The van der Waals surface area contributed by atoms with E-state index in [4.69, 9.17) is 9.47 Å². The van der Waals surface area contributed by atoms with Crippen LogP contribution in [0.4, 0.5) is 11.4 Å². The fraction of sp³-hybridized carbons (Fsp3) is 0.435. The third kappa shape index (κ3) is 3.50. The molecule has 1 aromatic carbocycles. The number of hydrogen-bond acceptors (Lipinski definition) is 6. The molecule has 1 fully saturated rings. The van der Waals surface area contributed by atoms with Gasteiger partial charge in [0.1, 0.15) is 16.9 Å². The van der Waals surface area contributed by atoms with E-state index < -0.39 is 0 Å². The van der Waals surface area contributed by atoms with Gasteiger partial charge in [0, 0.05) is 43.5 Å². The first-order valence-corrected chi connectivity index (χ1v) is 10.7. The van der Waals surface area contributed by atoms with Crippen LogP contribution in [0.5, 0.6) is 5.75 Å². The van der Waals surface area contributed by atoms with Crippen molar-refractivity contribution in [1.29, 1.82) is 0 Å². The van der Waals surface area contributed by atoms with Gasteiger partial charge >= 0.3 is 0 Å². The molecular formula is C23H27N5O3. The Labute approximate surface area is 181 Å². The van der Waals surface area contributed by atoms with E-state index in [2.05, 4.69) is 53.2 Å². The van der Waals surface area contributed by atoms with Gasteiger partial charge in [0.25, 0.3) is 5.91 Å². The molecule has 1 amide bonds. The minimum absolute atomic E-state index is 0.228. The number of nitrogens with one attached hydrogen (secondary N) is 1. The molecule has 2 aliphatic rings. The van der Waals surface area contributed by atoms with Crippen LogP contribution >= 0.6 is 0 Å². The fourth-order valence-corrected chi connectivity index (χ4v) is 4.18. The average Bonchev–Trinajstić information content (AvgIpc) is 3.34. The lowest BCUT2D eigenvalue weighted by Crippen LogP contribution is -2.37. The van der Waals surface area contributed by atoms with E-state index in [9.17, 15) is 4.79 Å². The van der Waals surface area contributed by atoms with Gasteiger partial charge in [0.2, 0.25) is 0 Å². The number of fused-ring (bicyclic) bond motifs is 2. The van der Waals surface area contributed by atoms with E-state index in [0.29, 0.717) is 30.3 Å². The maximum atomic E-state index is 13.2. The number of carbonyl (C=O) groups is 1. The molecule has 1 N–H and O–H groups in total. The van der Waals surface area contributed by atoms with Crippen molar-refractivity contribution >= 4 is 22.9 Å². The smallest absolute Gasteiger partial charge is 0.261 e. The highest BCUT2D eigenvalue weighted by atomic mass is 16.5. The Morgan fingerprint density at radius 3 is 2.84 bits per heavy atom. The summed E-state index contributed by atoms with van der Waals surface area (Å²) in [5, 5.41) is 7.35. The zero-order valence-electron chi connectivity index (χ0n) is 18.1. The summed E-state index contributed by atoms with van der Waals surface area (Å²) in [6.07, 6.45) is 5.80. The molecule has 1 saturated heterocycles. The summed E-state index contributed by atoms with van der Waals surface area (Å²) in [7, 11) is 0. The molecule has 0 bridgehead atoms. The molecule has 8 heteroatoms. The van der Waals surface area contributed by atoms with Gasteiger partial charge in [-0.25, -0.2) is 9.50 Å². The predicted octanol–water partition coefficient (Wildman–Crippen LogP) is 3.17. The Morgan fingerprint density at radius 1 is 1.26 bits per heavy atom. The lowest BCUT2D eigenvalue weighted by molar-refractivity contribution is 0.0646. The number of amides is 1. The lowest BCUT2D eigenvalue weighted by atomic mass is 9.88. The topological polar surface area (TPSA) is 81.0 Å². The second kappa shape index (κ2) is 7.53. The molecule has 0 saturated carbocycles. The van der Waals surface area contributed by atoms with Crippen molar-refractivity contribution in [2.24, 2.45) is 5.92 Å². The zero-order chi connectivity index (χ0) is 21.6. The monoisotopic (exact) mass is 421 g/mol. The molecule has 8 nitrogen and oxygen atoms in total. The SMILES string of the molecule is CC(C)C1(C)Cc2cc(NC(=O)c3cnn4cccnc34)c(N3CCOCC3)cc2O1. The molecule has 162 valence electrons. The standard InChI is InChI=1S/C23H27N5O3/c1-15(2)23(3)13-16-11-18(19(12-20(16)31-23)27-7-9-30-10-8-27)26-22(29)17-14-25-28-6-4-5-24-21(17)28/h4-6,11-12,14-15H,7-10,13H2,1-3H3,(H,26,29). The first-order chi connectivity index (χ1) is 14.9. The molecule has 0 spiro atoms. The number of hydrogen-bond donors (Lipinski definition) is 1. The number of carbonyl (C=O) groups excluding carboxylic acids is 1. The number of nitrogens with zero attached hydrogens (tertiary/aromatic N) is 4. The molecule has 1 unspecified atom stereocenters. The van der Waals surface area contributed by atoms with Gasteiger partial charge in [0.15, 0.2) is 5.65 Å². The highest BCUT2D eigenvalue weighted by Crippen LogP contribution is 2.44. The second-order valence-corrected chi connectivity index (χ2v) is 8.72. The van der Waals surface area contributed by atoms with E-state index in [1.54, 1.807) is 29.2 Å². The van der Waals surface area contributed by atoms with Crippen LogP contribution in [0.25, 0.3) is 5.65 Å². The summed E-state index contributed by atoms with van der Waals surface area (Å²) in [5.74, 6) is 1.04. The quantitative estimate of drug-likeness (QED) is 0.697. The minimum Gasteiger partial charge on any atom is -0.487 e. The van der Waals surface area contributed by atoms with Crippen LogP contribution in [0.15, 0.2) is 36.8 Å². The Balaban J connectivity index is 1.52. The number of aromatic nitrogens is 3. The largest absolute Gasteiger partial charge is 0.487 e. The summed E-state index contributed by atoms with van der Waals surface area (Å²) >= 11 is 0. The van der Waals surface area contributed by atoms with Crippen LogP contribution in [0.1, 0.15) is 36.7 Å². The van der Waals surface area contributed by atoms with Crippen LogP contribution in [0.2, 0.25) is 0 Å². The summed E-state index contributed by atoms with van der Waals surface area (Å²) in [5.41, 5.74) is 3.56. The Morgan fingerprint density at radius 2 is 2.06 bits per heavy atom. The fourth-order valence-electron chi connectivity index (χ4n) is 4.18. The molecule has 2 aliphatic heterocycles. The van der Waals surface area contributed by atoms with Crippen LogP contribution in [-0.4, -0.2) is 52.4 Å². The molecule has 5 rings (SSSR count). The maximum Gasteiger partial charge on any atom is 0.261 e. The summed E-state index contributed by atoms with van der Waals surface area (Å²) in [6, 6.07) is 5.91. The number of ether oxygens (including phenoxy) is 2. The van der Waals surface area contributed by atoms with E-state index >= 15 is 0 Å². The van der Waals surface area contributed by atoms with Gasteiger partial charge in [-0.3, -0.25) is 4.79 Å². The molecule has 31 heavy (non-hydrogen) atoms. The van der Waals surface area contributed by atoms with E-state index in [1.807, 2.05) is 0 Å². The Kier molecular flexibility index (Phi) is 4.81. The highest BCUT2D eigenvalue weighted by Gasteiger charge is 2.38. The van der Waals surface area contributed by atoms with Gasteiger partial charge < -0.3 is 19.7 Å². The number of benzene rings is 1. The normalized spacial score (nSPS) is 20.7. The van der Waals surface area contributed by atoms with E-state index in [0.717, 1.165) is 42.2 Å². The summed E-state index contributed by atoms with van der Waals surface area (Å²) < 4.78 is 13.5. The summed E-state index contributed by atoms with van der Waals surface area (Å²) in [6.45, 7) is 9.35. The third-order valence-electron chi connectivity index (χ3n) is 6.41.